The Balaban J connectivity index is 1.40. The average Bonchev–Trinajstić information content (AvgIpc) is 3.60. The molecule has 0 aromatic heterocycles. The molecule has 3 aliphatic rings. The molecule has 1 saturated heterocycles. The van der Waals surface area contributed by atoms with Gasteiger partial charge in [-0.15, -0.1) is 0 Å². The van der Waals surface area contributed by atoms with Crippen molar-refractivity contribution < 1.29 is 18.0 Å². The number of fused-ring (bicyclic) bond motifs is 1. The summed E-state index contributed by atoms with van der Waals surface area (Å²) in [4.78, 5) is 25.3. The van der Waals surface area contributed by atoms with Crippen LogP contribution in [0.15, 0.2) is 42.5 Å². The van der Waals surface area contributed by atoms with Crippen molar-refractivity contribution in [3.05, 3.63) is 64.7 Å². The number of nitrogens with one attached hydrogen (secondary N) is 3. The average molecular weight is 510 g/mol. The van der Waals surface area contributed by atoms with Crippen molar-refractivity contribution in [2.45, 2.75) is 64.2 Å². The van der Waals surface area contributed by atoms with Crippen molar-refractivity contribution >= 4 is 27.5 Å². The van der Waals surface area contributed by atoms with E-state index in [9.17, 15) is 18.0 Å². The second-order valence-electron chi connectivity index (χ2n) is 11.6. The van der Waals surface area contributed by atoms with Crippen LogP contribution in [-0.2, 0) is 21.2 Å². The highest BCUT2D eigenvalue weighted by Crippen LogP contribution is 2.46. The zero-order valence-electron chi connectivity index (χ0n) is 21.3. The van der Waals surface area contributed by atoms with E-state index in [1.807, 2.05) is 12.1 Å². The molecule has 0 radical (unpaired) electrons. The Kier molecular flexibility index (Phi) is 6.14. The fourth-order valence-electron chi connectivity index (χ4n) is 5.74. The summed E-state index contributed by atoms with van der Waals surface area (Å²) in [5.41, 5.74) is 4.26. The number of rotatable bonds is 6. The molecule has 7 nitrogen and oxygen atoms in total. The molecule has 2 heterocycles. The van der Waals surface area contributed by atoms with Crippen LogP contribution in [0.1, 0.15) is 79.5 Å². The molecule has 3 atom stereocenters. The Hall–Kier alpha value is -2.87. The van der Waals surface area contributed by atoms with E-state index in [0.29, 0.717) is 30.9 Å². The molecule has 2 amide bonds. The lowest BCUT2D eigenvalue weighted by atomic mass is 9.72. The van der Waals surface area contributed by atoms with E-state index >= 15 is 0 Å². The highest BCUT2D eigenvalue weighted by Gasteiger charge is 2.40. The Labute approximate surface area is 213 Å². The van der Waals surface area contributed by atoms with Gasteiger partial charge in [-0.2, -0.15) is 0 Å². The second-order valence-corrected chi connectivity index (χ2v) is 13.6. The van der Waals surface area contributed by atoms with Crippen molar-refractivity contribution in [3.63, 3.8) is 0 Å². The molecule has 8 heteroatoms. The largest absolute Gasteiger partial charge is 0.377 e. The maximum absolute atomic E-state index is 12.7. The molecule has 192 valence electrons. The first-order chi connectivity index (χ1) is 17.0. The minimum atomic E-state index is -3.59. The molecular formula is C28H35N3O4S. The molecule has 2 aromatic rings. The predicted octanol–water partition coefficient (Wildman–Crippen LogP) is 4.13. The van der Waals surface area contributed by atoms with Gasteiger partial charge in [0.15, 0.2) is 0 Å². The maximum atomic E-state index is 12.7. The van der Waals surface area contributed by atoms with E-state index in [-0.39, 0.29) is 29.2 Å². The molecule has 2 unspecified atom stereocenters. The Morgan fingerprint density at radius 2 is 1.81 bits per heavy atom. The number of anilines is 1. The molecule has 2 fully saturated rings. The molecular weight excluding hydrogens is 474 g/mol. The van der Waals surface area contributed by atoms with Gasteiger partial charge >= 0.3 is 0 Å². The lowest BCUT2D eigenvalue weighted by Gasteiger charge is -2.41. The normalized spacial score (nSPS) is 25.1. The predicted molar refractivity (Wildman–Crippen MR) is 140 cm³/mol. The zero-order valence-corrected chi connectivity index (χ0v) is 22.1. The molecule has 36 heavy (non-hydrogen) atoms. The number of hydrogen-bond donors (Lipinski definition) is 3. The Bertz CT molecular complexity index is 1310. The van der Waals surface area contributed by atoms with Gasteiger partial charge in [-0.3, -0.25) is 9.59 Å². The second kappa shape index (κ2) is 8.91. The van der Waals surface area contributed by atoms with E-state index in [4.69, 9.17) is 0 Å². The fourth-order valence-corrected chi connectivity index (χ4v) is 7.04. The minimum absolute atomic E-state index is 0.0156. The molecule has 1 aliphatic carbocycles. The Morgan fingerprint density at radius 3 is 2.50 bits per heavy atom. The van der Waals surface area contributed by atoms with Crippen LogP contribution in [0.5, 0.6) is 0 Å². The van der Waals surface area contributed by atoms with Crippen LogP contribution >= 0.6 is 0 Å². The van der Waals surface area contributed by atoms with Gasteiger partial charge in [0.05, 0.1) is 17.2 Å². The quantitative estimate of drug-likeness (QED) is 0.543. The monoisotopic (exact) mass is 509 g/mol. The van der Waals surface area contributed by atoms with Crippen LogP contribution in [0, 0.1) is 17.3 Å². The summed E-state index contributed by atoms with van der Waals surface area (Å²) >= 11 is 0. The zero-order chi connectivity index (χ0) is 25.8. The summed E-state index contributed by atoms with van der Waals surface area (Å²) in [6.07, 6.45) is 1.94. The van der Waals surface area contributed by atoms with Crippen LogP contribution in [0.4, 0.5) is 5.69 Å². The maximum Gasteiger partial charge on any atom is 0.264 e. The van der Waals surface area contributed by atoms with Gasteiger partial charge in [0.25, 0.3) is 5.91 Å². The molecule has 2 aliphatic heterocycles. The van der Waals surface area contributed by atoms with E-state index in [2.05, 4.69) is 61.2 Å². The van der Waals surface area contributed by atoms with Gasteiger partial charge in [-0.25, -0.2) is 13.1 Å². The SMILES string of the molecule is CC(C)C1CNC(=O)[C@H]1c1cccc(C2Nc3ccc(C(=O)NS(=O)(=O)C4CC4)cc3CC2(C)C)c1. The number of carbonyl (C=O) groups excluding carboxylic acids is 2. The van der Waals surface area contributed by atoms with Crippen LogP contribution < -0.4 is 15.4 Å². The molecule has 0 spiro atoms. The van der Waals surface area contributed by atoms with Gasteiger partial charge in [0, 0.05) is 17.8 Å². The van der Waals surface area contributed by atoms with Crippen molar-refractivity contribution in [1.82, 2.24) is 10.0 Å². The van der Waals surface area contributed by atoms with Crippen LogP contribution in [0.3, 0.4) is 0 Å². The van der Waals surface area contributed by atoms with Gasteiger partial charge in [-0.1, -0.05) is 52.0 Å². The summed E-state index contributed by atoms with van der Waals surface area (Å²) in [7, 11) is -3.59. The third-order valence-corrected chi connectivity index (χ3v) is 9.79. The first-order valence-corrected chi connectivity index (χ1v) is 14.3. The van der Waals surface area contributed by atoms with Gasteiger partial charge < -0.3 is 10.6 Å². The first-order valence-electron chi connectivity index (χ1n) is 12.8. The van der Waals surface area contributed by atoms with Crippen molar-refractivity contribution in [2.75, 3.05) is 11.9 Å². The van der Waals surface area contributed by atoms with Gasteiger partial charge in [0.2, 0.25) is 15.9 Å². The van der Waals surface area contributed by atoms with Gasteiger partial charge in [0.1, 0.15) is 0 Å². The molecule has 5 rings (SSSR count). The summed E-state index contributed by atoms with van der Waals surface area (Å²) in [5.74, 6) is 0.0545. The Morgan fingerprint density at radius 1 is 1.08 bits per heavy atom. The van der Waals surface area contributed by atoms with Crippen LogP contribution in [0.2, 0.25) is 0 Å². The summed E-state index contributed by atoms with van der Waals surface area (Å²) in [5, 5.41) is 6.26. The summed E-state index contributed by atoms with van der Waals surface area (Å²) in [6.45, 7) is 9.41. The molecule has 2 aromatic carbocycles. The van der Waals surface area contributed by atoms with Crippen LogP contribution in [-0.4, -0.2) is 32.0 Å². The number of carbonyl (C=O) groups is 2. The third-order valence-electron chi connectivity index (χ3n) is 7.98. The highest BCUT2D eigenvalue weighted by atomic mass is 32.2. The summed E-state index contributed by atoms with van der Waals surface area (Å²) < 4.78 is 26.6. The highest BCUT2D eigenvalue weighted by molar-refractivity contribution is 7.91. The number of benzene rings is 2. The lowest BCUT2D eigenvalue weighted by Crippen LogP contribution is -2.36. The smallest absolute Gasteiger partial charge is 0.264 e. The van der Waals surface area contributed by atoms with Crippen molar-refractivity contribution in [3.8, 4) is 0 Å². The summed E-state index contributed by atoms with van der Waals surface area (Å²) in [6, 6.07) is 13.7. The van der Waals surface area contributed by atoms with E-state index in [1.54, 1.807) is 12.1 Å². The van der Waals surface area contributed by atoms with Gasteiger partial charge in [-0.05, 0) is 71.4 Å². The fraction of sp³-hybridized carbons (Fsp3) is 0.500. The van der Waals surface area contributed by atoms with E-state index < -0.39 is 21.2 Å². The first kappa shape index (κ1) is 24.8. The number of hydrogen-bond acceptors (Lipinski definition) is 5. The lowest BCUT2D eigenvalue weighted by molar-refractivity contribution is -0.120. The topological polar surface area (TPSA) is 104 Å². The van der Waals surface area contributed by atoms with E-state index in [0.717, 1.165) is 28.8 Å². The minimum Gasteiger partial charge on any atom is -0.377 e. The number of sulfonamides is 1. The number of amides is 2. The van der Waals surface area contributed by atoms with Crippen LogP contribution in [0.25, 0.3) is 0 Å². The van der Waals surface area contributed by atoms with Crippen molar-refractivity contribution in [2.24, 2.45) is 17.3 Å². The van der Waals surface area contributed by atoms with Crippen molar-refractivity contribution in [1.29, 1.82) is 0 Å². The third kappa shape index (κ3) is 4.63. The van der Waals surface area contributed by atoms with E-state index in [1.165, 1.54) is 0 Å². The molecule has 0 bridgehead atoms. The molecule has 1 saturated carbocycles. The molecule has 3 N–H and O–H groups in total. The standard InChI is InChI=1S/C28H35N3O4S/c1-16(2)22-15-29-27(33)24(22)17-6-5-7-18(12-17)25-28(3,4)14-20-13-19(8-11-23(20)30-25)26(32)31-36(34,35)21-9-10-21/h5-8,11-13,16,21-22,24-25,30H,9-10,14-15H2,1-4H3,(H,29,33)(H,31,32)/t22?,24-,25?/m0/s1.